The summed E-state index contributed by atoms with van der Waals surface area (Å²) in [5.74, 6) is -0.890. The maximum Gasteiger partial charge on any atom is 0.307 e. The van der Waals surface area contributed by atoms with Gasteiger partial charge in [-0.1, -0.05) is 107 Å². The molecule has 0 radical (unpaired) electrons. The minimum absolute atomic E-state index is 0. The van der Waals surface area contributed by atoms with Gasteiger partial charge < -0.3 is 15.3 Å². The summed E-state index contributed by atoms with van der Waals surface area (Å²) in [5, 5.41) is 13.8. The van der Waals surface area contributed by atoms with Crippen molar-refractivity contribution < 1.29 is 14.7 Å². The van der Waals surface area contributed by atoms with Crippen LogP contribution in [0.2, 0.25) is 20.1 Å². The quantitative estimate of drug-likeness (QED) is 0.223. The molecule has 2 aliphatic heterocycles. The summed E-state index contributed by atoms with van der Waals surface area (Å²) in [5.41, 5.74) is 6.51. The minimum Gasteiger partial charge on any atom is -0.481 e. The molecular formula is C34H33Cl5N2O3. The van der Waals surface area contributed by atoms with Crippen molar-refractivity contribution in [1.29, 1.82) is 0 Å². The standard InChI is InChI=1S/C17H15Cl2NO.C9H11N.C8H6Cl2O2.ClH/c1-11-13-6-3-2-5-12(13)10-20(11)17(21)9-14-15(18)7-4-8-16(14)19;1-7-9-5-3-2-4-8(9)6-10-7;9-6-2-1-3-7(10)5(6)4-8(11)12;/h2-8,11H,9-10H2,1H3;2-5,7,10H,6H2,1H3;1-3H,4H2,(H,11,12);1H. The molecule has 6 rings (SSSR count). The smallest absolute Gasteiger partial charge is 0.307 e. The van der Waals surface area contributed by atoms with E-state index in [0.717, 1.165) is 6.54 Å². The fourth-order valence-electron chi connectivity index (χ4n) is 5.18. The van der Waals surface area contributed by atoms with Crippen LogP contribution in [0.4, 0.5) is 0 Å². The Morgan fingerprint density at radius 2 is 1.20 bits per heavy atom. The van der Waals surface area contributed by atoms with Crippen LogP contribution in [0, 0.1) is 0 Å². The van der Waals surface area contributed by atoms with E-state index in [1.807, 2.05) is 17.0 Å². The predicted octanol–water partition coefficient (Wildman–Crippen LogP) is 9.53. The molecule has 0 saturated heterocycles. The van der Waals surface area contributed by atoms with E-state index in [0.29, 0.717) is 43.8 Å². The van der Waals surface area contributed by atoms with Gasteiger partial charge in [0.25, 0.3) is 0 Å². The number of halogens is 5. The van der Waals surface area contributed by atoms with Crippen LogP contribution in [0.1, 0.15) is 59.3 Å². The third-order valence-corrected chi connectivity index (χ3v) is 8.95. The zero-order chi connectivity index (χ0) is 31.1. The number of rotatable bonds is 4. The second-order valence-electron chi connectivity index (χ2n) is 10.3. The first-order valence-electron chi connectivity index (χ1n) is 13.8. The Morgan fingerprint density at radius 1 is 0.727 bits per heavy atom. The molecule has 4 aromatic rings. The van der Waals surface area contributed by atoms with Crippen LogP contribution in [0.5, 0.6) is 0 Å². The number of nitrogens with zero attached hydrogens (tertiary/aromatic N) is 1. The highest BCUT2D eigenvalue weighted by atomic mass is 35.5. The highest BCUT2D eigenvalue weighted by Crippen LogP contribution is 2.34. The molecule has 2 unspecified atom stereocenters. The molecule has 0 spiro atoms. The number of carboxylic acid groups (broad SMARTS) is 1. The normalized spacial score (nSPS) is 15.9. The first-order valence-corrected chi connectivity index (χ1v) is 15.3. The topological polar surface area (TPSA) is 69.6 Å². The number of amides is 1. The Morgan fingerprint density at radius 3 is 1.70 bits per heavy atom. The summed E-state index contributed by atoms with van der Waals surface area (Å²) < 4.78 is 0. The highest BCUT2D eigenvalue weighted by Gasteiger charge is 2.30. The lowest BCUT2D eigenvalue weighted by Gasteiger charge is -2.22. The van der Waals surface area contributed by atoms with E-state index >= 15 is 0 Å². The van der Waals surface area contributed by atoms with Gasteiger partial charge in [0.05, 0.1) is 18.9 Å². The third-order valence-electron chi connectivity index (χ3n) is 7.53. The summed E-state index contributed by atoms with van der Waals surface area (Å²) in [6.45, 7) is 5.94. The molecule has 10 heteroatoms. The van der Waals surface area contributed by atoms with Crippen molar-refractivity contribution in [2.24, 2.45) is 0 Å². The Hall–Kier alpha value is -2.77. The molecule has 2 N–H and O–H groups in total. The van der Waals surface area contributed by atoms with Crippen LogP contribution in [-0.4, -0.2) is 21.9 Å². The van der Waals surface area contributed by atoms with Gasteiger partial charge in [0.1, 0.15) is 0 Å². The van der Waals surface area contributed by atoms with Crippen molar-refractivity contribution in [3.63, 3.8) is 0 Å². The van der Waals surface area contributed by atoms with Gasteiger partial charge in [0.15, 0.2) is 0 Å². The maximum absolute atomic E-state index is 12.6. The van der Waals surface area contributed by atoms with E-state index in [1.54, 1.807) is 36.4 Å². The number of benzene rings is 4. The summed E-state index contributed by atoms with van der Waals surface area (Å²) >= 11 is 23.8. The highest BCUT2D eigenvalue weighted by molar-refractivity contribution is 6.36. The molecule has 4 aromatic carbocycles. The van der Waals surface area contributed by atoms with Crippen molar-refractivity contribution in [3.8, 4) is 0 Å². The number of nitrogens with one attached hydrogen (secondary N) is 1. The molecule has 0 bridgehead atoms. The van der Waals surface area contributed by atoms with Gasteiger partial charge in [-0.2, -0.15) is 0 Å². The summed E-state index contributed by atoms with van der Waals surface area (Å²) in [6, 6.07) is 27.6. The van der Waals surface area contributed by atoms with Crippen molar-refractivity contribution in [3.05, 3.63) is 138 Å². The van der Waals surface area contributed by atoms with E-state index in [1.165, 1.54) is 22.3 Å². The molecular weight excluding hydrogens is 662 g/mol. The van der Waals surface area contributed by atoms with E-state index in [9.17, 15) is 9.59 Å². The van der Waals surface area contributed by atoms with Gasteiger partial charge in [-0.25, -0.2) is 0 Å². The number of hydrogen-bond acceptors (Lipinski definition) is 3. The lowest BCUT2D eigenvalue weighted by molar-refractivity contribution is -0.136. The van der Waals surface area contributed by atoms with Gasteiger partial charge in [-0.05, 0) is 65.9 Å². The zero-order valence-electron chi connectivity index (χ0n) is 24.2. The van der Waals surface area contributed by atoms with E-state index in [2.05, 4.69) is 55.6 Å². The number of fused-ring (bicyclic) bond motifs is 2. The number of carboxylic acids is 1. The number of carbonyl (C=O) groups excluding carboxylic acids is 1. The zero-order valence-corrected chi connectivity index (χ0v) is 28.0. The van der Waals surface area contributed by atoms with Crippen molar-refractivity contribution in [2.75, 3.05) is 0 Å². The average Bonchev–Trinajstić information content (AvgIpc) is 3.53. The first kappa shape index (κ1) is 35.7. The molecule has 2 heterocycles. The summed E-state index contributed by atoms with van der Waals surface area (Å²) in [7, 11) is 0. The Bertz CT molecular complexity index is 1570. The third kappa shape index (κ3) is 8.91. The second kappa shape index (κ2) is 16.5. The predicted molar refractivity (Wildman–Crippen MR) is 182 cm³/mol. The largest absolute Gasteiger partial charge is 0.481 e. The van der Waals surface area contributed by atoms with E-state index in [4.69, 9.17) is 51.5 Å². The molecule has 5 nitrogen and oxygen atoms in total. The minimum atomic E-state index is -0.940. The SMILES string of the molecule is CC1NCc2ccccc21.CC1c2ccccc2CN1C(=O)Cc1c(Cl)cccc1Cl.Cl.O=C(O)Cc1c(Cl)cccc1Cl. The molecule has 232 valence electrons. The van der Waals surface area contributed by atoms with Gasteiger partial charge >= 0.3 is 5.97 Å². The van der Waals surface area contributed by atoms with E-state index in [-0.39, 0.29) is 37.2 Å². The van der Waals surface area contributed by atoms with Crippen molar-refractivity contribution in [2.45, 2.75) is 51.9 Å². The molecule has 44 heavy (non-hydrogen) atoms. The molecule has 0 aliphatic carbocycles. The number of carbonyl (C=O) groups is 2. The molecule has 2 atom stereocenters. The van der Waals surface area contributed by atoms with Gasteiger partial charge in [-0.15, -0.1) is 12.4 Å². The van der Waals surface area contributed by atoms with Crippen molar-refractivity contribution >= 4 is 70.7 Å². The fraction of sp³-hybridized carbons (Fsp3) is 0.235. The monoisotopic (exact) mass is 692 g/mol. The Labute approximate surface area is 284 Å². The van der Waals surface area contributed by atoms with Crippen molar-refractivity contribution in [1.82, 2.24) is 10.2 Å². The first-order chi connectivity index (χ1) is 20.6. The molecule has 0 aromatic heterocycles. The Balaban J connectivity index is 0.000000195. The van der Waals surface area contributed by atoms with Crippen LogP contribution in [0.3, 0.4) is 0 Å². The molecule has 2 aliphatic rings. The molecule has 0 fully saturated rings. The average molecular weight is 695 g/mol. The Kier molecular flexibility index (Phi) is 13.4. The van der Waals surface area contributed by atoms with Crippen LogP contribution >= 0.6 is 58.8 Å². The van der Waals surface area contributed by atoms with Gasteiger partial charge in [0, 0.05) is 44.8 Å². The van der Waals surface area contributed by atoms with Gasteiger partial charge in [0.2, 0.25) is 5.91 Å². The van der Waals surface area contributed by atoms with E-state index < -0.39 is 5.97 Å². The number of aliphatic carboxylic acids is 1. The number of hydrogen-bond donors (Lipinski definition) is 2. The van der Waals surface area contributed by atoms with Crippen LogP contribution in [0.25, 0.3) is 0 Å². The lowest BCUT2D eigenvalue weighted by atomic mass is 10.1. The molecule has 1 amide bonds. The lowest BCUT2D eigenvalue weighted by Crippen LogP contribution is -2.29. The second-order valence-corrected chi connectivity index (χ2v) is 12.0. The van der Waals surface area contributed by atoms with Gasteiger partial charge in [-0.3, -0.25) is 9.59 Å². The van der Waals surface area contributed by atoms with Crippen LogP contribution in [-0.2, 0) is 35.5 Å². The van der Waals surface area contributed by atoms with Crippen LogP contribution < -0.4 is 5.32 Å². The fourth-order valence-corrected chi connectivity index (χ4v) is 6.24. The molecule has 0 saturated carbocycles. The maximum atomic E-state index is 12.6. The summed E-state index contributed by atoms with van der Waals surface area (Å²) in [6.07, 6.45) is 0.0926. The van der Waals surface area contributed by atoms with Crippen LogP contribution in [0.15, 0.2) is 84.9 Å². The summed E-state index contributed by atoms with van der Waals surface area (Å²) in [4.78, 5) is 24.8.